The Bertz CT molecular complexity index is 450. The fourth-order valence-corrected chi connectivity index (χ4v) is 2.49. The van der Waals surface area contributed by atoms with Crippen molar-refractivity contribution in [2.75, 3.05) is 27.3 Å². The zero-order chi connectivity index (χ0) is 13.1. The topological polar surface area (TPSA) is 38.8 Å². The Hall–Kier alpha value is -1.07. The van der Waals surface area contributed by atoms with Gasteiger partial charge in [0.2, 0.25) is 0 Å². The highest BCUT2D eigenvalue weighted by Crippen LogP contribution is 2.25. The van der Waals surface area contributed by atoms with Crippen LogP contribution in [0.3, 0.4) is 0 Å². The van der Waals surface area contributed by atoms with E-state index in [1.54, 1.807) is 20.3 Å². The van der Waals surface area contributed by atoms with Crippen LogP contribution in [-0.4, -0.2) is 44.2 Å². The normalized spacial score (nSPS) is 19.1. The minimum atomic E-state index is 0.0142. The molecule has 1 saturated heterocycles. The lowest BCUT2D eigenvalue weighted by molar-refractivity contribution is 0.0723. The largest absolute Gasteiger partial charge is 0.497 e. The first-order chi connectivity index (χ1) is 8.65. The maximum Gasteiger partial charge on any atom is 0.255 e. The lowest BCUT2D eigenvalue weighted by Crippen LogP contribution is -2.30. The van der Waals surface area contributed by atoms with Crippen molar-refractivity contribution in [3.63, 3.8) is 0 Å². The van der Waals surface area contributed by atoms with Crippen molar-refractivity contribution in [1.29, 1.82) is 0 Å². The molecule has 1 aliphatic heterocycles. The SMILES string of the molecule is COc1ccc(Br)c(C(=O)N2CCC(OC)C2)c1. The van der Waals surface area contributed by atoms with Crippen LogP contribution in [-0.2, 0) is 4.74 Å². The summed E-state index contributed by atoms with van der Waals surface area (Å²) in [7, 11) is 3.27. The van der Waals surface area contributed by atoms with Gasteiger partial charge in [0.15, 0.2) is 0 Å². The highest BCUT2D eigenvalue weighted by atomic mass is 79.9. The molecule has 4 nitrogen and oxygen atoms in total. The molecule has 1 amide bonds. The molecule has 1 aromatic carbocycles. The number of likely N-dealkylation sites (tertiary alicyclic amines) is 1. The van der Waals surface area contributed by atoms with Gasteiger partial charge in [0.25, 0.3) is 5.91 Å². The number of hydrogen-bond acceptors (Lipinski definition) is 3. The average molecular weight is 314 g/mol. The summed E-state index contributed by atoms with van der Waals surface area (Å²) < 4.78 is 11.2. The Balaban J connectivity index is 2.18. The number of amides is 1. The van der Waals surface area contributed by atoms with Gasteiger partial charge in [0, 0.05) is 24.7 Å². The van der Waals surface area contributed by atoms with E-state index in [9.17, 15) is 4.79 Å². The third kappa shape index (κ3) is 2.67. The Kier molecular flexibility index (Phi) is 4.24. The van der Waals surface area contributed by atoms with Crippen LogP contribution in [0.5, 0.6) is 5.75 Å². The predicted octanol–water partition coefficient (Wildman–Crippen LogP) is 2.32. The lowest BCUT2D eigenvalue weighted by Gasteiger charge is -2.17. The first-order valence-electron chi connectivity index (χ1n) is 5.81. The second-order valence-electron chi connectivity index (χ2n) is 4.24. The van der Waals surface area contributed by atoms with Crippen molar-refractivity contribution in [3.8, 4) is 5.75 Å². The highest BCUT2D eigenvalue weighted by Gasteiger charge is 2.27. The van der Waals surface area contributed by atoms with Crippen molar-refractivity contribution < 1.29 is 14.3 Å². The van der Waals surface area contributed by atoms with Crippen LogP contribution in [0, 0.1) is 0 Å². The van der Waals surface area contributed by atoms with Crippen LogP contribution >= 0.6 is 15.9 Å². The molecule has 18 heavy (non-hydrogen) atoms. The molecule has 0 radical (unpaired) electrons. The van der Waals surface area contributed by atoms with Gasteiger partial charge in [-0.1, -0.05) is 0 Å². The molecule has 0 spiro atoms. The number of ether oxygens (including phenoxy) is 2. The van der Waals surface area contributed by atoms with Gasteiger partial charge in [-0.3, -0.25) is 4.79 Å². The van der Waals surface area contributed by atoms with E-state index in [2.05, 4.69) is 15.9 Å². The van der Waals surface area contributed by atoms with E-state index >= 15 is 0 Å². The lowest BCUT2D eigenvalue weighted by atomic mass is 10.2. The molecule has 1 aromatic rings. The molecule has 1 atom stereocenters. The molecule has 1 aliphatic rings. The molecule has 0 bridgehead atoms. The minimum absolute atomic E-state index is 0.0142. The van der Waals surface area contributed by atoms with Gasteiger partial charge in [-0.15, -0.1) is 0 Å². The van der Waals surface area contributed by atoms with Crippen molar-refractivity contribution in [3.05, 3.63) is 28.2 Å². The minimum Gasteiger partial charge on any atom is -0.497 e. The van der Waals surface area contributed by atoms with E-state index in [0.717, 1.165) is 17.4 Å². The molecule has 0 saturated carbocycles. The summed E-state index contributed by atoms with van der Waals surface area (Å²) in [4.78, 5) is 14.2. The third-order valence-electron chi connectivity index (χ3n) is 3.17. The van der Waals surface area contributed by atoms with Crippen molar-refractivity contribution in [2.45, 2.75) is 12.5 Å². The number of methoxy groups -OCH3 is 2. The Morgan fingerprint density at radius 3 is 2.83 bits per heavy atom. The van der Waals surface area contributed by atoms with Crippen LogP contribution in [0.25, 0.3) is 0 Å². The van der Waals surface area contributed by atoms with Crippen LogP contribution in [0.15, 0.2) is 22.7 Å². The Morgan fingerprint density at radius 2 is 2.22 bits per heavy atom. The van der Waals surface area contributed by atoms with Gasteiger partial charge in [0.05, 0.1) is 18.8 Å². The van der Waals surface area contributed by atoms with Gasteiger partial charge < -0.3 is 14.4 Å². The zero-order valence-electron chi connectivity index (χ0n) is 10.5. The van der Waals surface area contributed by atoms with Gasteiger partial charge in [0.1, 0.15) is 5.75 Å². The van der Waals surface area contributed by atoms with Crippen LogP contribution < -0.4 is 4.74 Å². The van der Waals surface area contributed by atoms with Gasteiger partial charge in [-0.05, 0) is 40.5 Å². The maximum absolute atomic E-state index is 12.4. The fourth-order valence-electron chi connectivity index (χ4n) is 2.07. The third-order valence-corrected chi connectivity index (χ3v) is 3.86. The first kappa shape index (κ1) is 13.4. The molecule has 2 rings (SSSR count). The van der Waals surface area contributed by atoms with E-state index < -0.39 is 0 Å². The average Bonchev–Trinajstić information content (AvgIpc) is 2.87. The smallest absolute Gasteiger partial charge is 0.255 e. The van der Waals surface area contributed by atoms with Crippen LogP contribution in [0.4, 0.5) is 0 Å². The van der Waals surface area contributed by atoms with Crippen molar-refractivity contribution in [1.82, 2.24) is 4.90 Å². The quantitative estimate of drug-likeness (QED) is 0.859. The van der Waals surface area contributed by atoms with Crippen LogP contribution in [0.2, 0.25) is 0 Å². The van der Waals surface area contributed by atoms with Gasteiger partial charge in [-0.2, -0.15) is 0 Å². The number of nitrogens with zero attached hydrogens (tertiary/aromatic N) is 1. The summed E-state index contributed by atoms with van der Waals surface area (Å²) >= 11 is 3.41. The summed E-state index contributed by atoms with van der Waals surface area (Å²) in [6, 6.07) is 5.41. The maximum atomic E-state index is 12.4. The van der Waals surface area contributed by atoms with Crippen molar-refractivity contribution >= 4 is 21.8 Å². The van der Waals surface area contributed by atoms with Crippen molar-refractivity contribution in [2.24, 2.45) is 0 Å². The van der Waals surface area contributed by atoms with Gasteiger partial charge in [-0.25, -0.2) is 0 Å². The predicted molar refractivity (Wildman–Crippen MR) is 72.0 cm³/mol. The van der Waals surface area contributed by atoms with E-state index in [1.807, 2.05) is 17.0 Å². The van der Waals surface area contributed by atoms with E-state index in [0.29, 0.717) is 17.9 Å². The summed E-state index contributed by atoms with van der Waals surface area (Å²) in [5.74, 6) is 0.698. The summed E-state index contributed by atoms with van der Waals surface area (Å²) in [5, 5.41) is 0. The number of halogens is 1. The molecular formula is C13H16BrNO3. The Labute approximate surface area is 115 Å². The number of hydrogen-bond donors (Lipinski definition) is 0. The number of rotatable bonds is 3. The summed E-state index contributed by atoms with van der Waals surface area (Å²) in [6.45, 7) is 1.39. The van der Waals surface area contributed by atoms with Crippen LogP contribution in [0.1, 0.15) is 16.8 Å². The summed E-state index contributed by atoms with van der Waals surface area (Å²) in [5.41, 5.74) is 0.631. The molecule has 1 unspecified atom stereocenters. The molecule has 1 fully saturated rings. The molecule has 1 heterocycles. The molecule has 0 aliphatic carbocycles. The number of benzene rings is 1. The second kappa shape index (κ2) is 5.71. The van der Waals surface area contributed by atoms with E-state index in [1.165, 1.54) is 0 Å². The molecule has 5 heteroatoms. The second-order valence-corrected chi connectivity index (χ2v) is 5.10. The number of carbonyl (C=O) groups is 1. The van der Waals surface area contributed by atoms with E-state index in [-0.39, 0.29) is 12.0 Å². The Morgan fingerprint density at radius 1 is 1.44 bits per heavy atom. The van der Waals surface area contributed by atoms with E-state index in [4.69, 9.17) is 9.47 Å². The fraction of sp³-hybridized carbons (Fsp3) is 0.462. The molecule has 0 N–H and O–H groups in total. The molecular weight excluding hydrogens is 298 g/mol. The standard InChI is InChI=1S/C13H16BrNO3/c1-17-9-3-4-12(14)11(7-9)13(16)15-6-5-10(8-15)18-2/h3-4,7,10H,5-6,8H2,1-2H3. The molecule has 0 aromatic heterocycles. The zero-order valence-corrected chi connectivity index (χ0v) is 12.1. The monoisotopic (exact) mass is 313 g/mol. The molecule has 98 valence electrons. The van der Waals surface area contributed by atoms with Gasteiger partial charge >= 0.3 is 0 Å². The first-order valence-corrected chi connectivity index (χ1v) is 6.60. The number of carbonyl (C=O) groups excluding carboxylic acids is 1. The highest BCUT2D eigenvalue weighted by molar-refractivity contribution is 9.10. The summed E-state index contributed by atoms with van der Waals surface area (Å²) in [6.07, 6.45) is 1.04.